The van der Waals surface area contributed by atoms with Crippen molar-refractivity contribution in [3.05, 3.63) is 65.5 Å². The van der Waals surface area contributed by atoms with Crippen LogP contribution in [0.4, 0.5) is 11.6 Å². The molecule has 1 aliphatic rings. The minimum Gasteiger partial charge on any atom is -0.387 e. The molecule has 29 heavy (non-hydrogen) atoms. The number of hydrogen-bond donors (Lipinski definition) is 2. The lowest BCUT2D eigenvalue weighted by Crippen LogP contribution is -2.37. The minimum absolute atomic E-state index is 0.262. The summed E-state index contributed by atoms with van der Waals surface area (Å²) in [4.78, 5) is 21.3. The number of hydrogen-bond acceptors (Lipinski definition) is 3. The van der Waals surface area contributed by atoms with E-state index in [1.165, 1.54) is 0 Å². The molecule has 6 nitrogen and oxygen atoms in total. The highest BCUT2D eigenvalue weighted by Crippen LogP contribution is 2.39. The van der Waals surface area contributed by atoms with Crippen LogP contribution in [-0.4, -0.2) is 20.6 Å². The number of carbonyl (C=O) groups is 1. The van der Waals surface area contributed by atoms with E-state index in [-0.39, 0.29) is 11.9 Å². The van der Waals surface area contributed by atoms with Crippen molar-refractivity contribution in [1.29, 1.82) is 0 Å². The molecule has 2 aromatic carbocycles. The Balaban J connectivity index is 1.68. The van der Waals surface area contributed by atoms with E-state index in [9.17, 15) is 9.90 Å². The number of carbonyl (C=O) groups excluding carboxylic acids is 1. The number of fused-ring (bicyclic) bond motifs is 1. The summed E-state index contributed by atoms with van der Waals surface area (Å²) in [6.07, 6.45) is 2.23. The number of imidazole rings is 1. The Morgan fingerprint density at radius 1 is 1.28 bits per heavy atom. The predicted octanol–water partition coefficient (Wildman–Crippen LogP) is 5.01. The lowest BCUT2D eigenvalue weighted by atomic mass is 9.82. The summed E-state index contributed by atoms with van der Waals surface area (Å²) < 4.78 is 2.04. The Morgan fingerprint density at radius 2 is 2.00 bits per heavy atom. The van der Waals surface area contributed by atoms with Crippen molar-refractivity contribution in [2.24, 2.45) is 5.41 Å². The summed E-state index contributed by atoms with van der Waals surface area (Å²) in [6, 6.07) is 14.8. The van der Waals surface area contributed by atoms with Crippen LogP contribution >= 0.6 is 0 Å². The van der Waals surface area contributed by atoms with Crippen molar-refractivity contribution in [2.75, 3.05) is 5.32 Å². The van der Waals surface area contributed by atoms with Gasteiger partial charge in [0.25, 0.3) is 0 Å². The molecular formula is C23H24N4O2. The van der Waals surface area contributed by atoms with Gasteiger partial charge in [0.2, 0.25) is 11.9 Å². The zero-order chi connectivity index (χ0) is 20.6. The molecule has 1 aliphatic carbocycles. The van der Waals surface area contributed by atoms with Crippen LogP contribution in [0.2, 0.25) is 0 Å². The van der Waals surface area contributed by atoms with Crippen molar-refractivity contribution in [3.63, 3.8) is 0 Å². The highest BCUT2D eigenvalue weighted by Gasteiger charge is 2.38. The fourth-order valence-electron chi connectivity index (χ4n) is 3.69. The molecular weight excluding hydrogens is 364 g/mol. The zero-order valence-corrected chi connectivity index (χ0v) is 16.6. The van der Waals surface area contributed by atoms with Gasteiger partial charge in [0.1, 0.15) is 0 Å². The Hall–Kier alpha value is -3.17. The number of benzene rings is 2. The van der Waals surface area contributed by atoms with E-state index in [0.717, 1.165) is 30.3 Å². The molecule has 6 heteroatoms. The molecule has 1 amide bonds. The summed E-state index contributed by atoms with van der Waals surface area (Å²) in [5.41, 5.74) is 1.81. The van der Waals surface area contributed by atoms with Gasteiger partial charge >= 0.3 is 0 Å². The van der Waals surface area contributed by atoms with Crippen LogP contribution in [-0.2, 0) is 4.79 Å². The van der Waals surface area contributed by atoms with Crippen LogP contribution in [0.25, 0.3) is 15.9 Å². The number of aliphatic hydroxyl groups is 1. The Labute approximate surface area is 170 Å². The van der Waals surface area contributed by atoms with E-state index in [1.54, 1.807) is 19.9 Å². The highest BCUT2D eigenvalue weighted by atomic mass is 16.3. The van der Waals surface area contributed by atoms with Crippen LogP contribution in [0.1, 0.15) is 50.8 Å². The van der Waals surface area contributed by atoms with E-state index < -0.39 is 11.5 Å². The second-order valence-corrected chi connectivity index (χ2v) is 8.16. The first-order chi connectivity index (χ1) is 13.9. The highest BCUT2D eigenvalue weighted by molar-refractivity contribution is 5.96. The van der Waals surface area contributed by atoms with Crippen molar-refractivity contribution < 1.29 is 9.90 Å². The van der Waals surface area contributed by atoms with Crippen molar-refractivity contribution >= 4 is 28.6 Å². The molecule has 0 bridgehead atoms. The number of amides is 1. The predicted molar refractivity (Wildman–Crippen MR) is 113 cm³/mol. The third-order valence-electron chi connectivity index (χ3n) is 5.85. The normalized spacial score (nSPS) is 15.5. The average molecular weight is 388 g/mol. The summed E-state index contributed by atoms with van der Waals surface area (Å²) in [5.74, 6) is 0.181. The SMILES string of the molecule is [C-]#[N+]c1ccc2nc(NC(=O)C(C)(C)C(O)c3ccccc3)n(C3CCC3)c2c1. The van der Waals surface area contributed by atoms with E-state index in [0.29, 0.717) is 17.2 Å². The van der Waals surface area contributed by atoms with Crippen molar-refractivity contribution in [1.82, 2.24) is 9.55 Å². The van der Waals surface area contributed by atoms with Gasteiger partial charge in [-0.1, -0.05) is 36.4 Å². The molecule has 1 saturated carbocycles. The third-order valence-corrected chi connectivity index (χ3v) is 5.85. The Morgan fingerprint density at radius 3 is 2.62 bits per heavy atom. The minimum atomic E-state index is -1.05. The number of nitrogens with one attached hydrogen (secondary N) is 1. The molecule has 4 rings (SSSR count). The zero-order valence-electron chi connectivity index (χ0n) is 16.6. The van der Waals surface area contributed by atoms with Gasteiger partial charge in [0.15, 0.2) is 5.69 Å². The molecule has 2 N–H and O–H groups in total. The van der Waals surface area contributed by atoms with Gasteiger partial charge in [-0.05, 0) is 50.8 Å². The number of aromatic nitrogens is 2. The molecule has 1 unspecified atom stereocenters. The number of anilines is 1. The monoisotopic (exact) mass is 388 g/mol. The lowest BCUT2D eigenvalue weighted by molar-refractivity contribution is -0.130. The van der Waals surface area contributed by atoms with Gasteiger partial charge < -0.3 is 9.67 Å². The van der Waals surface area contributed by atoms with Crippen molar-refractivity contribution in [2.45, 2.75) is 45.3 Å². The van der Waals surface area contributed by atoms with Gasteiger partial charge in [0.05, 0.1) is 29.1 Å². The average Bonchev–Trinajstić information content (AvgIpc) is 3.03. The molecule has 0 aliphatic heterocycles. The molecule has 3 aromatic rings. The molecule has 0 spiro atoms. The number of nitrogens with zero attached hydrogens (tertiary/aromatic N) is 3. The Kier molecular flexibility index (Phi) is 4.85. The fraction of sp³-hybridized carbons (Fsp3) is 0.348. The third kappa shape index (κ3) is 3.39. The topological polar surface area (TPSA) is 71.5 Å². The van der Waals surface area contributed by atoms with Gasteiger partial charge in [-0.3, -0.25) is 10.1 Å². The largest absolute Gasteiger partial charge is 0.387 e. The number of aliphatic hydroxyl groups excluding tert-OH is 1. The smallest absolute Gasteiger partial charge is 0.235 e. The first kappa shape index (κ1) is 19.2. The molecule has 1 atom stereocenters. The van der Waals surface area contributed by atoms with Crippen LogP contribution in [0.5, 0.6) is 0 Å². The molecule has 1 aromatic heterocycles. The first-order valence-electron chi connectivity index (χ1n) is 9.85. The number of rotatable bonds is 5. The maximum Gasteiger partial charge on any atom is 0.235 e. The van der Waals surface area contributed by atoms with Gasteiger partial charge in [0, 0.05) is 6.04 Å². The van der Waals surface area contributed by atoms with Gasteiger partial charge in [-0.2, -0.15) is 0 Å². The standard InChI is InChI=1S/C23H24N4O2/c1-23(2,20(28)15-8-5-4-6-9-15)21(29)26-22-25-18-13-12-16(24-3)14-19(18)27(22)17-10-7-11-17/h4-6,8-9,12-14,17,20,28H,7,10-11H2,1-2H3,(H,25,26,29). The second-order valence-electron chi connectivity index (χ2n) is 8.16. The van der Waals surface area contributed by atoms with E-state index in [4.69, 9.17) is 6.57 Å². The maximum atomic E-state index is 13.2. The van der Waals surface area contributed by atoms with Gasteiger partial charge in [-0.15, -0.1) is 0 Å². The second kappa shape index (κ2) is 7.34. The van der Waals surface area contributed by atoms with Crippen LogP contribution in [0.15, 0.2) is 48.5 Å². The summed E-state index contributed by atoms with van der Waals surface area (Å²) in [6.45, 7) is 10.7. The quantitative estimate of drug-likeness (QED) is 0.604. The molecule has 148 valence electrons. The summed E-state index contributed by atoms with van der Waals surface area (Å²) in [7, 11) is 0. The molecule has 0 radical (unpaired) electrons. The van der Waals surface area contributed by atoms with E-state index in [1.807, 2.05) is 47.0 Å². The first-order valence-corrected chi connectivity index (χ1v) is 9.85. The molecule has 1 heterocycles. The fourth-order valence-corrected chi connectivity index (χ4v) is 3.69. The molecule has 0 saturated heterocycles. The maximum absolute atomic E-state index is 13.2. The van der Waals surface area contributed by atoms with Crippen LogP contribution < -0.4 is 5.32 Å². The van der Waals surface area contributed by atoms with E-state index >= 15 is 0 Å². The Bertz CT molecular complexity index is 1090. The van der Waals surface area contributed by atoms with Crippen molar-refractivity contribution in [3.8, 4) is 0 Å². The van der Waals surface area contributed by atoms with Gasteiger partial charge in [-0.25, -0.2) is 9.83 Å². The lowest BCUT2D eigenvalue weighted by Gasteiger charge is -2.32. The summed E-state index contributed by atoms with van der Waals surface area (Å²) >= 11 is 0. The van der Waals surface area contributed by atoms with E-state index in [2.05, 4.69) is 15.1 Å². The summed E-state index contributed by atoms with van der Waals surface area (Å²) in [5, 5.41) is 13.8. The van der Waals surface area contributed by atoms with Crippen LogP contribution in [0, 0.1) is 12.0 Å². The van der Waals surface area contributed by atoms with Crippen LogP contribution in [0.3, 0.4) is 0 Å². The molecule has 1 fully saturated rings.